The molecule has 1 aromatic rings. The molecular weight excluding hydrogens is 232 g/mol. The summed E-state index contributed by atoms with van der Waals surface area (Å²) in [5.41, 5.74) is 0.454. The topological polar surface area (TPSA) is 59.4 Å². The number of hydrogen-bond donors (Lipinski definition) is 1. The zero-order valence-corrected chi connectivity index (χ0v) is 11.1. The van der Waals surface area contributed by atoms with Crippen LogP contribution in [0.4, 0.5) is 0 Å². The van der Waals surface area contributed by atoms with E-state index in [9.17, 15) is 4.79 Å². The van der Waals surface area contributed by atoms with E-state index in [1.165, 1.54) is 0 Å². The maximum atomic E-state index is 12.2. The van der Waals surface area contributed by atoms with Crippen molar-refractivity contribution in [1.29, 1.82) is 0 Å². The Hall–Kier alpha value is -1.56. The van der Waals surface area contributed by atoms with Gasteiger partial charge < -0.3 is 15.0 Å². The zero-order valence-electron chi connectivity index (χ0n) is 11.1. The number of nitrogens with zero attached hydrogens (tertiary/aromatic N) is 3. The van der Waals surface area contributed by atoms with Crippen LogP contribution in [0, 0.1) is 0 Å². The fourth-order valence-electron chi connectivity index (χ4n) is 1.94. The molecule has 6 heteroatoms. The molecule has 0 radical (unpaired) electrons. The summed E-state index contributed by atoms with van der Waals surface area (Å²) in [7, 11) is 1.78. The van der Waals surface area contributed by atoms with E-state index in [1.54, 1.807) is 17.8 Å². The summed E-state index contributed by atoms with van der Waals surface area (Å²) < 4.78 is 7.19. The van der Waals surface area contributed by atoms with Crippen molar-refractivity contribution >= 4 is 5.91 Å². The van der Waals surface area contributed by atoms with Gasteiger partial charge in [-0.3, -0.25) is 4.79 Å². The predicted octanol–water partition coefficient (Wildman–Crippen LogP) is 0.253. The fraction of sp³-hybridized carbons (Fsp3) is 0.667. The monoisotopic (exact) mass is 252 g/mol. The van der Waals surface area contributed by atoms with Gasteiger partial charge in [-0.05, 0) is 13.8 Å². The van der Waals surface area contributed by atoms with E-state index in [0.29, 0.717) is 11.6 Å². The molecular formula is C12H20N4O2. The van der Waals surface area contributed by atoms with Crippen molar-refractivity contribution in [2.45, 2.75) is 20.0 Å². The quantitative estimate of drug-likeness (QED) is 0.838. The minimum Gasteiger partial charge on any atom is -0.475 e. The lowest BCUT2D eigenvalue weighted by molar-refractivity contribution is 0.0729. The number of piperazine rings is 1. The van der Waals surface area contributed by atoms with Crippen LogP contribution in [-0.4, -0.2) is 52.9 Å². The van der Waals surface area contributed by atoms with Crippen LogP contribution in [0.3, 0.4) is 0 Å². The lowest BCUT2D eigenvalue weighted by Crippen LogP contribution is -2.46. The van der Waals surface area contributed by atoms with Gasteiger partial charge in [0.2, 0.25) is 5.88 Å². The summed E-state index contributed by atoms with van der Waals surface area (Å²) >= 11 is 0. The Morgan fingerprint density at radius 3 is 2.72 bits per heavy atom. The number of hydrogen-bond acceptors (Lipinski definition) is 4. The van der Waals surface area contributed by atoms with Gasteiger partial charge in [0.05, 0.1) is 6.10 Å². The van der Waals surface area contributed by atoms with E-state index in [-0.39, 0.29) is 12.0 Å². The number of carbonyl (C=O) groups excluding carboxylic acids is 1. The molecule has 1 aromatic heterocycles. The first-order chi connectivity index (χ1) is 8.58. The number of rotatable bonds is 3. The van der Waals surface area contributed by atoms with E-state index >= 15 is 0 Å². The highest BCUT2D eigenvalue weighted by atomic mass is 16.5. The molecule has 18 heavy (non-hydrogen) atoms. The molecule has 1 aliphatic rings. The first kappa shape index (κ1) is 12.9. The van der Waals surface area contributed by atoms with Crippen molar-refractivity contribution in [3.8, 4) is 5.88 Å². The summed E-state index contributed by atoms with van der Waals surface area (Å²) in [6, 6.07) is 1.71. The average Bonchev–Trinajstić information content (AvgIpc) is 2.70. The molecule has 2 heterocycles. The van der Waals surface area contributed by atoms with E-state index < -0.39 is 0 Å². The van der Waals surface area contributed by atoms with Crippen LogP contribution in [0.2, 0.25) is 0 Å². The van der Waals surface area contributed by atoms with Crippen molar-refractivity contribution in [2.24, 2.45) is 7.05 Å². The second-order valence-corrected chi connectivity index (χ2v) is 4.70. The Kier molecular flexibility index (Phi) is 3.86. The van der Waals surface area contributed by atoms with Gasteiger partial charge in [-0.1, -0.05) is 0 Å². The Labute approximate surface area is 107 Å². The SMILES string of the molecule is CC(C)Oc1cc(C(=O)N2CCNCC2)nn1C. The van der Waals surface area contributed by atoms with Gasteiger partial charge >= 0.3 is 0 Å². The normalized spacial score (nSPS) is 16.1. The molecule has 1 saturated heterocycles. The summed E-state index contributed by atoms with van der Waals surface area (Å²) in [4.78, 5) is 14.0. The van der Waals surface area contributed by atoms with Gasteiger partial charge in [-0.2, -0.15) is 5.10 Å². The molecule has 0 spiro atoms. The van der Waals surface area contributed by atoms with Crippen molar-refractivity contribution in [3.63, 3.8) is 0 Å². The number of aryl methyl sites for hydroxylation is 1. The second kappa shape index (κ2) is 5.39. The molecule has 0 saturated carbocycles. The number of ether oxygens (including phenoxy) is 1. The minimum atomic E-state index is -0.0225. The number of amides is 1. The van der Waals surface area contributed by atoms with E-state index in [0.717, 1.165) is 26.2 Å². The van der Waals surface area contributed by atoms with Crippen LogP contribution < -0.4 is 10.1 Å². The van der Waals surface area contributed by atoms with Crippen LogP contribution in [0.1, 0.15) is 24.3 Å². The van der Waals surface area contributed by atoms with Gasteiger partial charge in [0.1, 0.15) is 0 Å². The van der Waals surface area contributed by atoms with Crippen LogP contribution in [0.25, 0.3) is 0 Å². The van der Waals surface area contributed by atoms with Crippen LogP contribution in [0.15, 0.2) is 6.07 Å². The highest BCUT2D eigenvalue weighted by Gasteiger charge is 2.21. The molecule has 1 amide bonds. The molecule has 1 aliphatic heterocycles. The maximum Gasteiger partial charge on any atom is 0.274 e. The third-order valence-corrected chi connectivity index (χ3v) is 2.82. The van der Waals surface area contributed by atoms with Crippen LogP contribution in [0.5, 0.6) is 5.88 Å². The van der Waals surface area contributed by atoms with Crippen LogP contribution >= 0.6 is 0 Å². The smallest absolute Gasteiger partial charge is 0.274 e. The highest BCUT2D eigenvalue weighted by Crippen LogP contribution is 2.15. The predicted molar refractivity (Wildman–Crippen MR) is 67.7 cm³/mol. The lowest BCUT2D eigenvalue weighted by Gasteiger charge is -2.26. The van der Waals surface area contributed by atoms with Gasteiger partial charge in [0.25, 0.3) is 5.91 Å². The molecule has 0 aliphatic carbocycles. The first-order valence-corrected chi connectivity index (χ1v) is 6.28. The van der Waals surface area contributed by atoms with Crippen molar-refractivity contribution in [1.82, 2.24) is 20.0 Å². The van der Waals surface area contributed by atoms with Gasteiger partial charge in [-0.15, -0.1) is 0 Å². The highest BCUT2D eigenvalue weighted by molar-refractivity contribution is 5.92. The summed E-state index contributed by atoms with van der Waals surface area (Å²) in [6.07, 6.45) is 0.0718. The molecule has 0 atom stereocenters. The Morgan fingerprint density at radius 1 is 1.44 bits per heavy atom. The Morgan fingerprint density at radius 2 is 2.11 bits per heavy atom. The van der Waals surface area contributed by atoms with Gasteiger partial charge in [0, 0.05) is 39.3 Å². The molecule has 0 bridgehead atoms. The van der Waals surface area contributed by atoms with Gasteiger partial charge in [-0.25, -0.2) is 4.68 Å². The molecule has 1 fully saturated rings. The third-order valence-electron chi connectivity index (χ3n) is 2.82. The number of nitrogens with one attached hydrogen (secondary N) is 1. The standard InChI is InChI=1S/C12H20N4O2/c1-9(2)18-11-8-10(14-15(11)3)12(17)16-6-4-13-5-7-16/h8-9,13H,4-7H2,1-3H3. The summed E-state index contributed by atoms with van der Waals surface area (Å²) in [6.45, 7) is 7.04. The first-order valence-electron chi connectivity index (χ1n) is 6.28. The van der Waals surface area contributed by atoms with Crippen molar-refractivity contribution in [2.75, 3.05) is 26.2 Å². The van der Waals surface area contributed by atoms with Crippen molar-refractivity contribution < 1.29 is 9.53 Å². The molecule has 6 nitrogen and oxygen atoms in total. The largest absolute Gasteiger partial charge is 0.475 e. The lowest BCUT2D eigenvalue weighted by atomic mass is 10.3. The fourth-order valence-corrected chi connectivity index (χ4v) is 1.94. The molecule has 2 rings (SSSR count). The number of carbonyl (C=O) groups is 1. The molecule has 100 valence electrons. The molecule has 0 aromatic carbocycles. The summed E-state index contributed by atoms with van der Waals surface area (Å²) in [5.74, 6) is 0.606. The summed E-state index contributed by atoms with van der Waals surface area (Å²) in [5, 5.41) is 7.44. The van der Waals surface area contributed by atoms with Crippen LogP contribution in [-0.2, 0) is 7.05 Å². The van der Waals surface area contributed by atoms with E-state index in [1.807, 2.05) is 18.7 Å². The van der Waals surface area contributed by atoms with E-state index in [2.05, 4.69) is 10.4 Å². The zero-order chi connectivity index (χ0) is 13.1. The van der Waals surface area contributed by atoms with Crippen molar-refractivity contribution in [3.05, 3.63) is 11.8 Å². The minimum absolute atomic E-state index is 0.0225. The average molecular weight is 252 g/mol. The third kappa shape index (κ3) is 2.81. The number of aromatic nitrogens is 2. The molecule has 1 N–H and O–H groups in total. The van der Waals surface area contributed by atoms with E-state index in [4.69, 9.17) is 4.74 Å². The van der Waals surface area contributed by atoms with Gasteiger partial charge in [0.15, 0.2) is 5.69 Å². The molecule has 0 unspecified atom stereocenters. The Balaban J connectivity index is 2.10. The Bertz CT molecular complexity index is 422. The second-order valence-electron chi connectivity index (χ2n) is 4.70. The maximum absolute atomic E-state index is 12.2.